The van der Waals surface area contributed by atoms with Crippen LogP contribution < -0.4 is 10.9 Å². The van der Waals surface area contributed by atoms with Crippen LogP contribution in [0.4, 0.5) is 0 Å². The number of thioether (sulfide) groups is 1. The van der Waals surface area contributed by atoms with E-state index in [2.05, 4.69) is 16.9 Å². The molecule has 0 aliphatic carbocycles. The van der Waals surface area contributed by atoms with E-state index in [0.717, 1.165) is 0 Å². The second-order valence-corrected chi connectivity index (χ2v) is 7.74. The van der Waals surface area contributed by atoms with Gasteiger partial charge in [0.05, 0.1) is 22.3 Å². The van der Waals surface area contributed by atoms with Gasteiger partial charge in [-0.3, -0.25) is 14.2 Å². The molecule has 0 radical (unpaired) electrons. The first-order valence-electron chi connectivity index (χ1n) is 9.10. The number of nitrogens with zero attached hydrogens (tertiary/aromatic N) is 2. The van der Waals surface area contributed by atoms with E-state index in [1.165, 1.54) is 11.8 Å². The molecule has 1 amide bonds. The van der Waals surface area contributed by atoms with Crippen molar-refractivity contribution in [3.05, 3.63) is 47.3 Å². The number of aromatic nitrogens is 2. The van der Waals surface area contributed by atoms with Gasteiger partial charge in [0.1, 0.15) is 0 Å². The average Bonchev–Trinajstić information content (AvgIpc) is 2.64. The maximum atomic E-state index is 13.0. The highest BCUT2D eigenvalue weighted by atomic mass is 32.2. The molecule has 146 valence electrons. The lowest BCUT2D eigenvalue weighted by Crippen LogP contribution is -2.32. The van der Waals surface area contributed by atoms with Crippen LogP contribution in [-0.4, -0.2) is 40.0 Å². The predicted molar refractivity (Wildman–Crippen MR) is 110 cm³/mol. The normalized spacial score (nSPS) is 12.3. The number of rotatable bonds is 10. The molecule has 1 N–H and O–H groups in total. The molecular weight excluding hydrogens is 362 g/mol. The lowest BCUT2D eigenvalue weighted by atomic mass is 10.2. The lowest BCUT2D eigenvalue weighted by molar-refractivity contribution is -0.120. The van der Waals surface area contributed by atoms with Gasteiger partial charge in [0, 0.05) is 19.7 Å². The Kier molecular flexibility index (Phi) is 8.06. The molecule has 7 heteroatoms. The van der Waals surface area contributed by atoms with Crippen molar-refractivity contribution in [3.63, 3.8) is 0 Å². The third-order valence-electron chi connectivity index (χ3n) is 3.88. The molecule has 2 rings (SSSR count). The number of hydrogen-bond donors (Lipinski definition) is 1. The van der Waals surface area contributed by atoms with Crippen molar-refractivity contribution in [1.29, 1.82) is 0 Å². The molecule has 0 unspecified atom stereocenters. The molecule has 1 heterocycles. The second-order valence-electron chi connectivity index (χ2n) is 6.44. The standard InChI is InChI=1S/C20H27N3O3S/c1-5-11-21-18(24)15(4)27-20-22-17-10-7-6-9-16(17)19(25)23(20)12-8-13-26-14(2)3/h5-7,9-10,14-15H,1,8,11-13H2,2-4H3,(H,21,24)/t15-/m0/s1. The molecule has 0 saturated carbocycles. The number of carbonyl (C=O) groups is 1. The summed E-state index contributed by atoms with van der Waals surface area (Å²) in [5, 5.41) is 3.52. The Hall–Kier alpha value is -2.12. The zero-order chi connectivity index (χ0) is 19.8. The fraction of sp³-hybridized carbons (Fsp3) is 0.450. The first-order chi connectivity index (χ1) is 12.9. The quantitative estimate of drug-likeness (QED) is 0.293. The molecule has 1 atom stereocenters. The largest absolute Gasteiger partial charge is 0.379 e. The minimum absolute atomic E-state index is 0.0913. The molecule has 0 saturated heterocycles. The summed E-state index contributed by atoms with van der Waals surface area (Å²) < 4.78 is 7.23. The molecule has 0 spiro atoms. The van der Waals surface area contributed by atoms with Gasteiger partial charge in [-0.05, 0) is 39.3 Å². The van der Waals surface area contributed by atoms with E-state index in [4.69, 9.17) is 4.74 Å². The zero-order valence-electron chi connectivity index (χ0n) is 16.1. The van der Waals surface area contributed by atoms with E-state index in [1.54, 1.807) is 23.6 Å². The maximum absolute atomic E-state index is 13.0. The van der Waals surface area contributed by atoms with Crippen LogP contribution in [-0.2, 0) is 16.1 Å². The maximum Gasteiger partial charge on any atom is 0.262 e. The van der Waals surface area contributed by atoms with E-state index in [9.17, 15) is 9.59 Å². The summed E-state index contributed by atoms with van der Waals surface area (Å²) in [6.07, 6.45) is 2.48. The van der Waals surface area contributed by atoms with Crippen molar-refractivity contribution in [2.45, 2.75) is 50.2 Å². The first kappa shape index (κ1) is 21.2. The number of benzene rings is 1. The molecule has 0 aliphatic rings. The number of fused-ring (bicyclic) bond motifs is 1. The highest BCUT2D eigenvalue weighted by Crippen LogP contribution is 2.23. The smallest absolute Gasteiger partial charge is 0.262 e. The van der Waals surface area contributed by atoms with Crippen LogP contribution in [0.15, 0.2) is 46.9 Å². The Morgan fingerprint density at radius 3 is 2.81 bits per heavy atom. The van der Waals surface area contributed by atoms with Crippen molar-refractivity contribution >= 4 is 28.6 Å². The van der Waals surface area contributed by atoms with Crippen molar-refractivity contribution < 1.29 is 9.53 Å². The van der Waals surface area contributed by atoms with E-state index in [0.29, 0.717) is 42.2 Å². The number of nitrogens with one attached hydrogen (secondary N) is 1. The molecule has 0 fully saturated rings. The van der Waals surface area contributed by atoms with E-state index in [-0.39, 0.29) is 22.8 Å². The number of ether oxygens (including phenoxy) is 1. The molecule has 0 aliphatic heterocycles. The van der Waals surface area contributed by atoms with Gasteiger partial charge < -0.3 is 10.1 Å². The third-order valence-corrected chi connectivity index (χ3v) is 4.97. The molecule has 6 nitrogen and oxygen atoms in total. The Balaban J connectivity index is 2.28. The summed E-state index contributed by atoms with van der Waals surface area (Å²) >= 11 is 1.29. The van der Waals surface area contributed by atoms with Gasteiger partial charge in [-0.25, -0.2) is 4.98 Å². The highest BCUT2D eigenvalue weighted by Gasteiger charge is 2.19. The Morgan fingerprint density at radius 1 is 1.37 bits per heavy atom. The van der Waals surface area contributed by atoms with Crippen molar-refractivity contribution in [3.8, 4) is 0 Å². The number of carbonyl (C=O) groups excluding carboxylic acids is 1. The first-order valence-corrected chi connectivity index (χ1v) is 9.98. The fourth-order valence-corrected chi connectivity index (χ4v) is 3.46. The number of amides is 1. The molecule has 1 aromatic carbocycles. The molecule has 1 aromatic heterocycles. The minimum Gasteiger partial charge on any atom is -0.379 e. The summed E-state index contributed by atoms with van der Waals surface area (Å²) in [5.74, 6) is -0.114. The van der Waals surface area contributed by atoms with Gasteiger partial charge in [-0.2, -0.15) is 0 Å². The van der Waals surface area contributed by atoms with Crippen LogP contribution in [0.1, 0.15) is 27.2 Å². The van der Waals surface area contributed by atoms with Crippen molar-refractivity contribution in [1.82, 2.24) is 14.9 Å². The molecular formula is C20H27N3O3S. The summed E-state index contributed by atoms with van der Waals surface area (Å²) in [4.78, 5) is 29.8. The van der Waals surface area contributed by atoms with Crippen molar-refractivity contribution in [2.24, 2.45) is 0 Å². The Labute approximate surface area is 164 Å². The number of para-hydroxylation sites is 1. The van der Waals surface area contributed by atoms with E-state index in [1.807, 2.05) is 32.0 Å². The molecule has 0 bridgehead atoms. The molecule has 27 heavy (non-hydrogen) atoms. The van der Waals surface area contributed by atoms with Gasteiger partial charge in [0.25, 0.3) is 5.56 Å². The highest BCUT2D eigenvalue weighted by molar-refractivity contribution is 8.00. The van der Waals surface area contributed by atoms with Gasteiger partial charge in [-0.15, -0.1) is 6.58 Å². The fourth-order valence-electron chi connectivity index (χ4n) is 2.50. The minimum atomic E-state index is -0.379. The number of hydrogen-bond acceptors (Lipinski definition) is 5. The van der Waals surface area contributed by atoms with Crippen LogP contribution in [0.25, 0.3) is 10.9 Å². The van der Waals surface area contributed by atoms with Gasteiger partial charge in [-0.1, -0.05) is 30.0 Å². The van der Waals surface area contributed by atoms with E-state index < -0.39 is 0 Å². The second kappa shape index (κ2) is 10.3. The summed E-state index contributed by atoms with van der Waals surface area (Å²) in [6, 6.07) is 7.27. The monoisotopic (exact) mass is 389 g/mol. The van der Waals surface area contributed by atoms with Crippen LogP contribution in [0.5, 0.6) is 0 Å². The molecule has 2 aromatic rings. The van der Waals surface area contributed by atoms with Gasteiger partial charge in [0.15, 0.2) is 5.16 Å². The van der Waals surface area contributed by atoms with E-state index >= 15 is 0 Å². The predicted octanol–water partition coefficient (Wildman–Crippen LogP) is 2.99. The Morgan fingerprint density at radius 2 is 2.11 bits per heavy atom. The summed E-state index contributed by atoms with van der Waals surface area (Å²) in [7, 11) is 0. The van der Waals surface area contributed by atoms with Crippen LogP contribution >= 0.6 is 11.8 Å². The van der Waals surface area contributed by atoms with Crippen molar-refractivity contribution in [2.75, 3.05) is 13.2 Å². The van der Waals surface area contributed by atoms with Crippen LogP contribution in [0.3, 0.4) is 0 Å². The Bertz CT molecular complexity index is 848. The SMILES string of the molecule is C=CCNC(=O)[C@H](C)Sc1nc2ccccc2c(=O)n1CCCOC(C)C. The summed E-state index contributed by atoms with van der Waals surface area (Å²) in [6.45, 7) is 10.8. The zero-order valence-corrected chi connectivity index (χ0v) is 16.9. The topological polar surface area (TPSA) is 73.2 Å². The van der Waals surface area contributed by atoms with Gasteiger partial charge in [0.2, 0.25) is 5.91 Å². The van der Waals surface area contributed by atoms with Gasteiger partial charge >= 0.3 is 0 Å². The third kappa shape index (κ3) is 5.94. The average molecular weight is 390 g/mol. The summed E-state index contributed by atoms with van der Waals surface area (Å²) in [5.41, 5.74) is 0.546. The lowest BCUT2D eigenvalue weighted by Gasteiger charge is -2.16. The van der Waals surface area contributed by atoms with Crippen LogP contribution in [0, 0.1) is 0 Å². The van der Waals surface area contributed by atoms with Crippen LogP contribution in [0.2, 0.25) is 0 Å².